The highest BCUT2D eigenvalue weighted by Crippen LogP contribution is 2.15. The Bertz CT molecular complexity index is 1230. The summed E-state index contributed by atoms with van der Waals surface area (Å²) in [6.45, 7) is 7.14. The van der Waals surface area contributed by atoms with Crippen LogP contribution in [-0.2, 0) is 19.6 Å². The number of unbranched alkanes of at least 4 members (excludes halogenated alkanes) is 15. The van der Waals surface area contributed by atoms with E-state index in [1.807, 2.05) is 12.3 Å². The summed E-state index contributed by atoms with van der Waals surface area (Å²) in [6, 6.07) is 22.8. The van der Waals surface area contributed by atoms with Gasteiger partial charge in [0.15, 0.2) is 5.75 Å². The molecule has 0 bridgehead atoms. The molecular weight excluding hydrogens is 578 g/mol. The van der Waals surface area contributed by atoms with Crippen LogP contribution in [-0.4, -0.2) is 36.2 Å². The topological polar surface area (TPSA) is 46.5 Å². The van der Waals surface area contributed by atoms with Crippen LogP contribution in [0.1, 0.15) is 133 Å². The van der Waals surface area contributed by atoms with Gasteiger partial charge < -0.3 is 19.5 Å². The molecule has 0 saturated heterocycles. The fourth-order valence-corrected chi connectivity index (χ4v) is 6.28. The Kier molecular flexibility index (Phi) is 20.6. The van der Waals surface area contributed by atoms with E-state index >= 15 is 0 Å². The molecule has 47 heavy (non-hydrogen) atoms. The van der Waals surface area contributed by atoms with E-state index in [-0.39, 0.29) is 5.43 Å². The van der Waals surface area contributed by atoms with Gasteiger partial charge in [-0.25, -0.2) is 0 Å². The number of nitrogens with one attached hydrogen (secondary N) is 1. The van der Waals surface area contributed by atoms with Gasteiger partial charge in [0, 0.05) is 31.4 Å². The minimum atomic E-state index is -0.0230. The lowest BCUT2D eigenvalue weighted by molar-refractivity contribution is 0.298. The fraction of sp³-hybridized carbons (Fsp3) is 0.595. The molecule has 5 heteroatoms. The predicted molar refractivity (Wildman–Crippen MR) is 200 cm³/mol. The van der Waals surface area contributed by atoms with E-state index in [1.54, 1.807) is 6.07 Å². The molecule has 3 rings (SSSR count). The lowest BCUT2D eigenvalue weighted by Crippen LogP contribution is -2.25. The Balaban J connectivity index is 1.31. The van der Waals surface area contributed by atoms with Crippen molar-refractivity contribution in [2.75, 3.05) is 26.7 Å². The number of benzene rings is 2. The van der Waals surface area contributed by atoms with Crippen LogP contribution in [0.25, 0.3) is 0 Å². The molecule has 0 aliphatic heterocycles. The van der Waals surface area contributed by atoms with Crippen LogP contribution >= 0.6 is 0 Å². The summed E-state index contributed by atoms with van der Waals surface area (Å²) in [7, 11) is 2.17. The summed E-state index contributed by atoms with van der Waals surface area (Å²) < 4.78 is 8.22. The molecule has 0 atom stereocenters. The van der Waals surface area contributed by atoms with Crippen LogP contribution in [0.5, 0.6) is 5.75 Å². The SMILES string of the molecule is CCCCCCCCCCCCCCCCCCOc1cn(Cc2ccccc2)c(CNCCCN(C)Cc2ccccc2)cc1=O. The van der Waals surface area contributed by atoms with Crippen LogP contribution in [0, 0.1) is 0 Å². The zero-order valence-corrected chi connectivity index (χ0v) is 29.9. The summed E-state index contributed by atoms with van der Waals surface area (Å²) in [4.78, 5) is 15.4. The van der Waals surface area contributed by atoms with Crippen LogP contribution in [0.4, 0.5) is 0 Å². The van der Waals surface area contributed by atoms with E-state index in [0.717, 1.165) is 38.2 Å². The Morgan fingerprint density at radius 1 is 0.681 bits per heavy atom. The van der Waals surface area contributed by atoms with Crippen molar-refractivity contribution in [2.24, 2.45) is 0 Å². The van der Waals surface area contributed by atoms with E-state index in [1.165, 1.54) is 107 Å². The second-order valence-electron chi connectivity index (χ2n) is 13.5. The average molecular weight is 644 g/mol. The highest BCUT2D eigenvalue weighted by atomic mass is 16.5. The first kappa shape index (κ1) is 38.6. The van der Waals surface area contributed by atoms with Crippen molar-refractivity contribution in [3.05, 3.63) is 100.0 Å². The number of pyridine rings is 1. The van der Waals surface area contributed by atoms with Crippen LogP contribution < -0.4 is 15.5 Å². The van der Waals surface area contributed by atoms with E-state index in [2.05, 4.69) is 83.4 Å². The minimum Gasteiger partial charge on any atom is -0.488 e. The van der Waals surface area contributed by atoms with Crippen LogP contribution in [0.2, 0.25) is 0 Å². The number of nitrogens with zero attached hydrogens (tertiary/aromatic N) is 2. The first-order chi connectivity index (χ1) is 23.2. The molecule has 1 N–H and O–H groups in total. The number of aromatic nitrogens is 1. The molecule has 0 unspecified atom stereocenters. The Morgan fingerprint density at radius 3 is 1.79 bits per heavy atom. The van der Waals surface area contributed by atoms with Gasteiger partial charge >= 0.3 is 0 Å². The van der Waals surface area contributed by atoms with Gasteiger partial charge in [0.25, 0.3) is 0 Å². The second-order valence-corrected chi connectivity index (χ2v) is 13.5. The third kappa shape index (κ3) is 17.7. The van der Waals surface area contributed by atoms with Gasteiger partial charge in [-0.15, -0.1) is 0 Å². The van der Waals surface area contributed by atoms with E-state index < -0.39 is 0 Å². The van der Waals surface area contributed by atoms with Gasteiger partial charge in [0.2, 0.25) is 5.43 Å². The molecule has 5 nitrogen and oxygen atoms in total. The van der Waals surface area contributed by atoms with Crippen LogP contribution in [0.3, 0.4) is 0 Å². The maximum absolute atomic E-state index is 13.0. The maximum Gasteiger partial charge on any atom is 0.223 e. The van der Waals surface area contributed by atoms with Crippen molar-refractivity contribution in [1.29, 1.82) is 0 Å². The molecule has 0 saturated carbocycles. The van der Waals surface area contributed by atoms with Crippen molar-refractivity contribution in [1.82, 2.24) is 14.8 Å². The van der Waals surface area contributed by atoms with E-state index in [0.29, 0.717) is 25.4 Å². The summed E-state index contributed by atoms with van der Waals surface area (Å²) in [5.74, 6) is 0.466. The molecule has 3 aromatic rings. The highest BCUT2D eigenvalue weighted by molar-refractivity contribution is 5.24. The lowest BCUT2D eigenvalue weighted by atomic mass is 10.0. The van der Waals surface area contributed by atoms with E-state index in [4.69, 9.17) is 4.74 Å². The molecule has 0 fully saturated rings. The zero-order valence-electron chi connectivity index (χ0n) is 29.9. The molecule has 0 radical (unpaired) electrons. The molecule has 0 spiro atoms. The molecule has 0 aliphatic carbocycles. The lowest BCUT2D eigenvalue weighted by Gasteiger charge is -2.18. The standard InChI is InChI=1S/C42H65N3O2/c1-3-4-5-6-7-8-9-10-11-12-13-14-15-16-17-24-32-47-42-37-45(36-39-28-22-19-23-29-39)40(33-41(42)46)34-43-30-25-31-44(2)35-38-26-20-18-21-27-38/h18-23,26-29,33,37,43H,3-17,24-25,30-32,34-36H2,1-2H3. The van der Waals surface area contributed by atoms with Crippen molar-refractivity contribution in [3.63, 3.8) is 0 Å². The number of ether oxygens (including phenoxy) is 1. The Hall–Kier alpha value is -2.89. The number of hydrogen-bond donors (Lipinski definition) is 1. The molecule has 0 amide bonds. The molecule has 0 aliphatic rings. The predicted octanol–water partition coefficient (Wildman–Crippen LogP) is 10.1. The summed E-state index contributed by atoms with van der Waals surface area (Å²) in [5.41, 5.74) is 3.52. The Morgan fingerprint density at radius 2 is 1.21 bits per heavy atom. The molecular formula is C42H65N3O2. The Labute approximate surface area is 287 Å². The van der Waals surface area contributed by atoms with Gasteiger partial charge in [0.1, 0.15) is 0 Å². The highest BCUT2D eigenvalue weighted by Gasteiger charge is 2.09. The first-order valence-corrected chi connectivity index (χ1v) is 19.0. The largest absolute Gasteiger partial charge is 0.488 e. The van der Waals surface area contributed by atoms with Gasteiger partial charge in [-0.05, 0) is 44.1 Å². The molecule has 260 valence electrons. The van der Waals surface area contributed by atoms with Gasteiger partial charge in [-0.2, -0.15) is 0 Å². The quantitative estimate of drug-likeness (QED) is 0.0800. The molecule has 1 heterocycles. The molecule has 1 aromatic heterocycles. The van der Waals surface area contributed by atoms with Crippen LogP contribution in [0.15, 0.2) is 77.7 Å². The van der Waals surface area contributed by atoms with E-state index in [9.17, 15) is 4.79 Å². The van der Waals surface area contributed by atoms with Crippen molar-refractivity contribution in [3.8, 4) is 5.75 Å². The van der Waals surface area contributed by atoms with Gasteiger partial charge in [-0.1, -0.05) is 164 Å². The number of rotatable bonds is 28. The smallest absolute Gasteiger partial charge is 0.223 e. The normalized spacial score (nSPS) is 11.4. The fourth-order valence-electron chi connectivity index (χ4n) is 6.28. The first-order valence-electron chi connectivity index (χ1n) is 19.0. The summed E-state index contributed by atoms with van der Waals surface area (Å²) in [5, 5.41) is 3.57. The summed E-state index contributed by atoms with van der Waals surface area (Å²) in [6.07, 6.45) is 24.6. The average Bonchev–Trinajstić information content (AvgIpc) is 3.08. The van der Waals surface area contributed by atoms with Gasteiger partial charge in [0.05, 0.1) is 12.8 Å². The minimum absolute atomic E-state index is 0.0230. The third-order valence-corrected chi connectivity index (χ3v) is 9.13. The van der Waals surface area contributed by atoms with Gasteiger partial charge in [-0.3, -0.25) is 4.79 Å². The van der Waals surface area contributed by atoms with Crippen molar-refractivity contribution >= 4 is 0 Å². The monoisotopic (exact) mass is 644 g/mol. The summed E-state index contributed by atoms with van der Waals surface area (Å²) >= 11 is 0. The number of hydrogen-bond acceptors (Lipinski definition) is 4. The maximum atomic E-state index is 13.0. The third-order valence-electron chi connectivity index (χ3n) is 9.13. The molecule has 2 aromatic carbocycles. The van der Waals surface area contributed by atoms with Crippen molar-refractivity contribution in [2.45, 2.75) is 136 Å². The zero-order chi connectivity index (χ0) is 33.2. The van der Waals surface area contributed by atoms with Crippen molar-refractivity contribution < 1.29 is 4.74 Å². The second kappa shape index (κ2) is 25.2.